The number of thioether (sulfide) groups is 2. The first-order valence-corrected chi connectivity index (χ1v) is 39.0. The smallest absolute Gasteiger partial charge is 0.305 e. The number of benzene rings is 1. The zero-order chi connectivity index (χ0) is 82.8. The maximum atomic E-state index is 14.3. The van der Waals surface area contributed by atoms with Gasteiger partial charge in [0.2, 0.25) is 100 Å². The number of rotatable bonds is 49. The van der Waals surface area contributed by atoms with E-state index in [1.165, 1.54) is 43.0 Å². The standard InChI is InChI=1S/C66H110N22O20S3/c1-37(57(72)99)79-65(107)46(33-109)84-54(95)32-77-60(102)41(12-3-7-20-68)85-62(104)43(14-5-9-22-70)81-52(93)30-74-49(90)27-75-58(100)40(11-2-6-19-67)80-51(92)29-73-50(91)28-76-59(101)42(13-4-8-21-69)86-66(108)48-35-111-36-55(96)83-44(25-38-15-17-39(89)18-16-38)63(105)87-47(34-110-24-10-23-71)61(103)78-31-53(94)82-45(26-56(97)98)64(106)88-48/h15-18,37,40-48,89,109H,2-14,19-36,67-71H2,1H3,(H2,72,99)(H,73,91)(H,74,90)(H,75,100)(H,76,101)(H,77,102)(H,78,103)(H,79,107)(H,80,92)(H,81,93)(H,82,94)(H,83,96)(H,84,95)(H,85,104)(H,86,108)(H,87,105)(H,88,106)(H,97,98)/t37-,40-,41-,42-,43-,44-,45+,46-,47+,48+/m0/s1. The zero-order valence-electron chi connectivity index (χ0n) is 62.0. The minimum Gasteiger partial charge on any atom is -0.508 e. The van der Waals surface area contributed by atoms with Gasteiger partial charge in [0.15, 0.2) is 0 Å². The summed E-state index contributed by atoms with van der Waals surface area (Å²) in [5, 5.41) is 58.4. The number of amides is 17. The molecule has 2 rings (SSSR count). The molecule has 0 bridgehead atoms. The van der Waals surface area contributed by atoms with Gasteiger partial charge in [-0.25, -0.2) is 0 Å². The highest BCUT2D eigenvalue weighted by Crippen LogP contribution is 2.15. The minimum absolute atomic E-state index is 0.00503. The van der Waals surface area contributed by atoms with Gasteiger partial charge in [-0.2, -0.15) is 24.4 Å². The lowest BCUT2D eigenvalue weighted by atomic mass is 10.0. The number of primary amides is 1. The Morgan fingerprint density at radius 1 is 0.505 bits per heavy atom. The lowest BCUT2D eigenvalue weighted by molar-refractivity contribution is -0.141. The predicted molar refractivity (Wildman–Crippen MR) is 410 cm³/mol. The van der Waals surface area contributed by atoms with Gasteiger partial charge in [-0.1, -0.05) is 12.1 Å². The Balaban J connectivity index is 2.19. The highest BCUT2D eigenvalue weighted by atomic mass is 32.2. The number of phenolic OH excluding ortho intramolecular Hbond substituents is 1. The SMILES string of the molecule is C[C@H](NC(=O)[C@H](CS)NC(=O)CNC(=O)[C@H](CCCCN)NC(=O)[C@H](CCCCN)NC(=O)CNC(=O)CNC(=O)[C@H](CCCCN)NC(=O)CNC(=O)CNC(=O)[C@H](CCCCN)NC(=O)[C@H]1CSCC(=O)N[C@@H](Cc2ccc(O)cc2)C(=O)N[C@H](CSCCCN)C(=O)NCC(=O)N[C@H](CC(=O)O)C(=O)N1)C(N)=O. The Labute approximate surface area is 655 Å². The lowest BCUT2D eigenvalue weighted by Gasteiger charge is -2.26. The number of aromatic hydroxyl groups is 1. The molecule has 1 aliphatic rings. The number of hydrogen-bond acceptors (Lipinski definition) is 27. The fraction of sp³-hybridized carbons (Fsp3) is 0.636. The number of aliphatic carboxylic acids is 1. The summed E-state index contributed by atoms with van der Waals surface area (Å²) in [6, 6.07) is -8.00. The summed E-state index contributed by atoms with van der Waals surface area (Å²) in [4.78, 5) is 239. The first-order chi connectivity index (χ1) is 52.9. The highest BCUT2D eigenvalue weighted by Gasteiger charge is 2.35. The Hall–Kier alpha value is -9.67. The van der Waals surface area contributed by atoms with Crippen molar-refractivity contribution in [2.75, 3.05) is 101 Å². The number of thiol groups is 1. The minimum atomic E-state index is -1.87. The lowest BCUT2D eigenvalue weighted by Crippen LogP contribution is -2.59. The third-order valence-corrected chi connectivity index (χ3v) is 18.7. The second kappa shape index (κ2) is 55.7. The normalized spacial score (nSPS) is 17.2. The fourth-order valence-electron chi connectivity index (χ4n) is 10.1. The summed E-state index contributed by atoms with van der Waals surface area (Å²) in [5.74, 6) is -17.4. The van der Waals surface area contributed by atoms with E-state index in [4.69, 9.17) is 34.4 Å². The van der Waals surface area contributed by atoms with Gasteiger partial charge in [-0.15, -0.1) is 11.8 Å². The Morgan fingerprint density at radius 2 is 0.937 bits per heavy atom. The van der Waals surface area contributed by atoms with Crippen LogP contribution in [-0.2, 0) is 92.7 Å². The molecule has 0 radical (unpaired) electrons. The molecule has 1 aromatic carbocycles. The molecular formula is C66H110N22O20S3. The number of hydrogen-bond donors (Lipinski definition) is 25. The van der Waals surface area contributed by atoms with E-state index in [-0.39, 0.29) is 82.0 Å². The number of unbranched alkanes of at least 4 members (excludes halogenated alkanes) is 4. The van der Waals surface area contributed by atoms with Crippen molar-refractivity contribution in [2.45, 2.75) is 164 Å². The second-order valence-corrected chi connectivity index (χ2v) is 28.0. The van der Waals surface area contributed by atoms with Gasteiger partial charge in [0, 0.05) is 23.7 Å². The molecule has 0 aromatic heterocycles. The molecular weight excluding hydrogens is 1520 g/mol. The van der Waals surface area contributed by atoms with Crippen molar-refractivity contribution < 1.29 is 96.5 Å². The van der Waals surface area contributed by atoms with Crippen LogP contribution in [0.5, 0.6) is 5.75 Å². The van der Waals surface area contributed by atoms with Gasteiger partial charge in [0.25, 0.3) is 0 Å². The molecule has 17 amide bonds. The molecule has 111 heavy (non-hydrogen) atoms. The molecule has 0 spiro atoms. The summed E-state index contributed by atoms with van der Waals surface area (Å²) in [6.07, 6.45) is 2.19. The Kier molecular flexibility index (Phi) is 48.9. The molecule has 42 nitrogen and oxygen atoms in total. The molecule has 622 valence electrons. The average molecular weight is 1630 g/mol. The number of nitrogens with one attached hydrogen (secondary N) is 16. The van der Waals surface area contributed by atoms with Crippen molar-refractivity contribution in [3.05, 3.63) is 29.8 Å². The largest absolute Gasteiger partial charge is 0.508 e. The number of carbonyl (C=O) groups is 18. The van der Waals surface area contributed by atoms with E-state index >= 15 is 0 Å². The van der Waals surface area contributed by atoms with Crippen LogP contribution in [-0.4, -0.2) is 278 Å². The summed E-state index contributed by atoms with van der Waals surface area (Å²) in [7, 11) is 0. The van der Waals surface area contributed by atoms with Gasteiger partial charge >= 0.3 is 5.97 Å². The van der Waals surface area contributed by atoms with E-state index in [0.717, 1.165) is 11.8 Å². The molecule has 0 unspecified atom stereocenters. The van der Waals surface area contributed by atoms with Gasteiger partial charge in [0.05, 0.1) is 51.4 Å². The van der Waals surface area contributed by atoms with E-state index in [1.54, 1.807) is 0 Å². The summed E-state index contributed by atoms with van der Waals surface area (Å²) < 4.78 is 0. The van der Waals surface area contributed by atoms with Crippen LogP contribution in [0.15, 0.2) is 24.3 Å². The fourth-order valence-corrected chi connectivity index (χ4v) is 12.2. The van der Waals surface area contributed by atoms with Crippen molar-refractivity contribution in [2.24, 2.45) is 34.4 Å². The van der Waals surface area contributed by atoms with Gasteiger partial charge in [-0.3, -0.25) is 86.3 Å². The highest BCUT2D eigenvalue weighted by molar-refractivity contribution is 8.00. The van der Waals surface area contributed by atoms with Crippen LogP contribution < -0.4 is 119 Å². The summed E-state index contributed by atoms with van der Waals surface area (Å²) >= 11 is 6.09. The number of phenols is 1. The first-order valence-electron chi connectivity index (χ1n) is 36.1. The van der Waals surface area contributed by atoms with Crippen molar-refractivity contribution >= 4 is 143 Å². The van der Waals surface area contributed by atoms with E-state index < -0.39 is 224 Å². The van der Waals surface area contributed by atoms with Crippen molar-refractivity contribution in [3.63, 3.8) is 0 Å². The van der Waals surface area contributed by atoms with Crippen LogP contribution >= 0.6 is 36.2 Å². The molecule has 30 N–H and O–H groups in total. The molecule has 0 saturated carbocycles. The Morgan fingerprint density at radius 3 is 1.41 bits per heavy atom. The number of carboxylic acids is 1. The Bertz CT molecular complexity index is 3280. The third-order valence-electron chi connectivity index (χ3n) is 16.2. The van der Waals surface area contributed by atoms with E-state index in [0.29, 0.717) is 69.2 Å². The second-order valence-electron chi connectivity index (χ2n) is 25.4. The molecule has 1 heterocycles. The average Bonchev–Trinajstić information content (AvgIpc) is 0.863. The van der Waals surface area contributed by atoms with Gasteiger partial charge < -0.3 is 130 Å². The van der Waals surface area contributed by atoms with Crippen molar-refractivity contribution in [1.29, 1.82) is 0 Å². The molecule has 10 atom stereocenters. The molecule has 45 heteroatoms. The predicted octanol–water partition coefficient (Wildman–Crippen LogP) is -10.3. The number of carboxylic acid groups (broad SMARTS) is 1. The summed E-state index contributed by atoms with van der Waals surface area (Å²) in [6.45, 7) is -1.93. The molecule has 1 aliphatic heterocycles. The van der Waals surface area contributed by atoms with Gasteiger partial charge in [0.1, 0.15) is 66.2 Å². The van der Waals surface area contributed by atoms with E-state index in [1.807, 2.05) is 0 Å². The molecule has 1 saturated heterocycles. The topological polar surface area (TPSA) is 696 Å². The van der Waals surface area contributed by atoms with Crippen molar-refractivity contribution in [3.8, 4) is 5.75 Å². The quantitative estimate of drug-likeness (QED) is 0.0213. The maximum Gasteiger partial charge on any atom is 0.305 e. The summed E-state index contributed by atoms with van der Waals surface area (Å²) in [5.41, 5.74) is 34.0. The number of nitrogens with two attached hydrogens (primary N) is 6. The van der Waals surface area contributed by atoms with Crippen LogP contribution in [0, 0.1) is 0 Å². The van der Waals surface area contributed by atoms with Gasteiger partial charge in [-0.05, 0) is 147 Å². The van der Waals surface area contributed by atoms with E-state index in [9.17, 15) is 96.5 Å². The van der Waals surface area contributed by atoms with Crippen LogP contribution in [0.3, 0.4) is 0 Å². The first kappa shape index (κ1) is 97.4. The molecule has 1 aromatic rings. The third kappa shape index (κ3) is 41.8. The zero-order valence-corrected chi connectivity index (χ0v) is 64.5. The van der Waals surface area contributed by atoms with Crippen LogP contribution in [0.25, 0.3) is 0 Å². The van der Waals surface area contributed by atoms with Crippen LogP contribution in [0.2, 0.25) is 0 Å². The number of carbonyl (C=O) groups excluding carboxylic acids is 17. The van der Waals surface area contributed by atoms with E-state index in [2.05, 4.69) is 97.7 Å². The molecule has 1 fully saturated rings. The van der Waals surface area contributed by atoms with Crippen molar-refractivity contribution in [1.82, 2.24) is 85.1 Å². The van der Waals surface area contributed by atoms with Crippen LogP contribution in [0.1, 0.15) is 102 Å². The molecule has 0 aliphatic carbocycles. The van der Waals surface area contributed by atoms with Crippen LogP contribution in [0.4, 0.5) is 0 Å². The monoisotopic (exact) mass is 1630 g/mol. The maximum absolute atomic E-state index is 14.3.